The van der Waals surface area contributed by atoms with Crippen molar-refractivity contribution in [2.24, 2.45) is 0 Å². The summed E-state index contributed by atoms with van der Waals surface area (Å²) in [5, 5.41) is 3.45. The number of halogens is 3. The van der Waals surface area contributed by atoms with E-state index in [1.165, 1.54) is 22.7 Å². The molecule has 1 heterocycles. The SMILES string of the molecule is CC1(C)c2cccc([C@@H](NS(=O)C(C)(C)C)c3ccc(C(F)(F)F)cc3)c2Oc2c(P(c3ccccc3)c3ccccc3)cccc21. The van der Waals surface area contributed by atoms with Crippen molar-refractivity contribution in [2.45, 2.75) is 57.0 Å². The van der Waals surface area contributed by atoms with Crippen molar-refractivity contribution in [1.29, 1.82) is 0 Å². The van der Waals surface area contributed by atoms with Gasteiger partial charge in [0, 0.05) is 27.4 Å². The summed E-state index contributed by atoms with van der Waals surface area (Å²) >= 11 is 0. The van der Waals surface area contributed by atoms with E-state index >= 15 is 0 Å². The molecule has 2 atom stereocenters. The lowest BCUT2D eigenvalue weighted by Gasteiger charge is -2.38. The fourth-order valence-electron chi connectivity index (χ4n) is 5.98. The highest BCUT2D eigenvalue weighted by Crippen LogP contribution is 2.52. The second-order valence-corrected chi connectivity index (χ2v) is 17.3. The molecular weight excluding hydrogens is 634 g/mol. The molecule has 5 aromatic carbocycles. The molecule has 1 aliphatic rings. The third-order valence-corrected chi connectivity index (χ3v) is 12.5. The second-order valence-electron chi connectivity index (χ2n) is 13.2. The lowest BCUT2D eigenvalue weighted by Crippen LogP contribution is -2.37. The van der Waals surface area contributed by atoms with Crippen molar-refractivity contribution in [2.75, 3.05) is 0 Å². The van der Waals surface area contributed by atoms with Gasteiger partial charge >= 0.3 is 6.18 Å². The molecule has 0 spiro atoms. The van der Waals surface area contributed by atoms with Gasteiger partial charge in [0.1, 0.15) is 11.5 Å². The Bertz CT molecular complexity index is 1860. The molecule has 3 nitrogen and oxygen atoms in total. The fourth-order valence-corrected chi connectivity index (χ4v) is 9.21. The molecule has 8 heteroatoms. The molecule has 242 valence electrons. The average Bonchev–Trinajstić information content (AvgIpc) is 3.04. The van der Waals surface area contributed by atoms with Crippen molar-refractivity contribution in [3.8, 4) is 11.5 Å². The summed E-state index contributed by atoms with van der Waals surface area (Å²) in [5.41, 5.74) is 2.05. The van der Waals surface area contributed by atoms with Crippen LogP contribution in [0.25, 0.3) is 0 Å². The van der Waals surface area contributed by atoms with E-state index in [1.54, 1.807) is 0 Å². The van der Waals surface area contributed by atoms with E-state index in [1.807, 2.05) is 51.1 Å². The van der Waals surface area contributed by atoms with Crippen LogP contribution >= 0.6 is 7.92 Å². The maximum absolute atomic E-state index is 13.6. The Balaban J connectivity index is 1.54. The Morgan fingerprint density at radius 2 is 1.23 bits per heavy atom. The van der Waals surface area contributed by atoms with E-state index in [2.05, 4.69) is 85.3 Å². The number of alkyl halides is 3. The Kier molecular flexibility index (Phi) is 8.94. The predicted molar refractivity (Wildman–Crippen MR) is 188 cm³/mol. The molecule has 0 fully saturated rings. The average molecular weight is 672 g/mol. The van der Waals surface area contributed by atoms with Gasteiger partial charge in [0.25, 0.3) is 0 Å². The molecule has 0 saturated heterocycles. The molecule has 0 amide bonds. The molecule has 47 heavy (non-hydrogen) atoms. The summed E-state index contributed by atoms with van der Waals surface area (Å²) in [7, 11) is -2.54. The number of para-hydroxylation sites is 2. The Labute approximate surface area is 278 Å². The van der Waals surface area contributed by atoms with Gasteiger partial charge in [-0.3, -0.25) is 0 Å². The Morgan fingerprint density at radius 1 is 0.702 bits per heavy atom. The van der Waals surface area contributed by atoms with E-state index in [4.69, 9.17) is 4.74 Å². The van der Waals surface area contributed by atoms with Crippen LogP contribution in [0.3, 0.4) is 0 Å². The van der Waals surface area contributed by atoms with E-state index in [0.717, 1.165) is 34.3 Å². The summed E-state index contributed by atoms with van der Waals surface area (Å²) in [6.45, 7) is 9.91. The first-order chi connectivity index (χ1) is 22.3. The van der Waals surface area contributed by atoms with Gasteiger partial charge in [-0.1, -0.05) is 123 Å². The minimum absolute atomic E-state index is 0.475. The normalized spacial score (nSPS) is 15.3. The molecule has 5 aromatic rings. The molecule has 0 radical (unpaired) electrons. The number of fused-ring (bicyclic) bond motifs is 2. The van der Waals surface area contributed by atoms with Gasteiger partial charge in [0.05, 0.1) is 27.3 Å². The summed E-state index contributed by atoms with van der Waals surface area (Å²) in [4.78, 5) is 0. The van der Waals surface area contributed by atoms with Crippen LogP contribution in [-0.2, 0) is 22.6 Å². The van der Waals surface area contributed by atoms with Gasteiger partial charge in [0.15, 0.2) is 0 Å². The van der Waals surface area contributed by atoms with Crippen LogP contribution in [-0.4, -0.2) is 8.96 Å². The highest BCUT2D eigenvalue weighted by atomic mass is 32.2. The fraction of sp³-hybridized carbons (Fsp3) is 0.231. The van der Waals surface area contributed by atoms with Gasteiger partial charge in [-0.25, -0.2) is 8.93 Å². The van der Waals surface area contributed by atoms with Crippen LogP contribution in [0.15, 0.2) is 121 Å². The molecule has 0 bridgehead atoms. The smallest absolute Gasteiger partial charge is 0.416 e. The van der Waals surface area contributed by atoms with Crippen LogP contribution < -0.4 is 25.4 Å². The van der Waals surface area contributed by atoms with Gasteiger partial charge in [-0.15, -0.1) is 0 Å². The first-order valence-electron chi connectivity index (χ1n) is 15.5. The van der Waals surface area contributed by atoms with Gasteiger partial charge < -0.3 is 4.74 Å². The molecule has 0 saturated carbocycles. The number of hydrogen-bond donors (Lipinski definition) is 1. The number of ether oxygens (including phenoxy) is 1. The van der Waals surface area contributed by atoms with Gasteiger partial charge in [-0.05, 0) is 57.0 Å². The van der Waals surface area contributed by atoms with Crippen molar-refractivity contribution in [1.82, 2.24) is 4.72 Å². The molecular formula is C39H37F3NO2PS. The Morgan fingerprint density at radius 3 is 1.77 bits per heavy atom. The lowest BCUT2D eigenvalue weighted by atomic mass is 9.74. The first kappa shape index (κ1) is 33.1. The van der Waals surface area contributed by atoms with E-state index in [9.17, 15) is 17.4 Å². The van der Waals surface area contributed by atoms with Crippen molar-refractivity contribution >= 4 is 34.8 Å². The number of hydrogen-bond acceptors (Lipinski definition) is 2. The zero-order valence-electron chi connectivity index (χ0n) is 26.9. The van der Waals surface area contributed by atoms with E-state index in [0.29, 0.717) is 16.9 Å². The zero-order valence-corrected chi connectivity index (χ0v) is 28.6. The predicted octanol–water partition coefficient (Wildman–Crippen LogP) is 9.04. The maximum Gasteiger partial charge on any atom is 0.416 e. The molecule has 1 unspecified atom stereocenters. The quantitative estimate of drug-likeness (QED) is 0.176. The standard InChI is InChI=1S/C39H37F3NO2PS/c1-37(2,3)47(44)43-34(26-22-24-27(25-23-26)39(40,41)42)30-18-12-19-31-35(30)45-36-32(38(31,4)5)20-13-21-33(36)46(28-14-8-6-9-15-28)29-16-10-7-11-17-29/h6-25,34,43H,1-5H3/t34-,47?/m0/s1. The number of nitrogens with one attached hydrogen (secondary N) is 1. The van der Waals surface area contributed by atoms with Crippen LogP contribution in [0.2, 0.25) is 0 Å². The molecule has 1 N–H and O–H groups in total. The third-order valence-electron chi connectivity index (χ3n) is 8.52. The molecule has 0 aromatic heterocycles. The largest absolute Gasteiger partial charge is 0.456 e. The monoisotopic (exact) mass is 671 g/mol. The van der Waals surface area contributed by atoms with Crippen molar-refractivity contribution in [3.63, 3.8) is 0 Å². The van der Waals surface area contributed by atoms with Crippen LogP contribution in [0, 0.1) is 0 Å². The second kappa shape index (κ2) is 12.7. The van der Waals surface area contributed by atoms with E-state index < -0.39 is 46.9 Å². The summed E-state index contributed by atoms with van der Waals surface area (Å²) in [6.07, 6.45) is -4.47. The van der Waals surface area contributed by atoms with Crippen LogP contribution in [0.4, 0.5) is 13.2 Å². The first-order valence-corrected chi connectivity index (χ1v) is 18.0. The maximum atomic E-state index is 13.6. The minimum Gasteiger partial charge on any atom is -0.456 e. The number of benzene rings is 5. The zero-order chi connectivity index (χ0) is 33.6. The van der Waals surface area contributed by atoms with Crippen molar-refractivity contribution in [3.05, 3.63) is 149 Å². The summed E-state index contributed by atoms with van der Waals surface area (Å²) in [5.74, 6) is 1.40. The molecule has 0 aliphatic carbocycles. The van der Waals surface area contributed by atoms with Crippen LogP contribution in [0.5, 0.6) is 11.5 Å². The lowest BCUT2D eigenvalue weighted by molar-refractivity contribution is -0.137. The van der Waals surface area contributed by atoms with Crippen LogP contribution in [0.1, 0.15) is 68.5 Å². The molecule has 6 rings (SSSR count). The van der Waals surface area contributed by atoms with Gasteiger partial charge in [-0.2, -0.15) is 13.2 Å². The van der Waals surface area contributed by atoms with Gasteiger partial charge in [0.2, 0.25) is 0 Å². The Hall–Kier alpha value is -3.77. The summed E-state index contributed by atoms with van der Waals surface area (Å²) < 4.78 is 63.8. The topological polar surface area (TPSA) is 38.3 Å². The highest BCUT2D eigenvalue weighted by Gasteiger charge is 2.40. The highest BCUT2D eigenvalue weighted by molar-refractivity contribution is 7.84. The minimum atomic E-state index is -4.47. The third kappa shape index (κ3) is 6.54. The van der Waals surface area contributed by atoms with Crippen molar-refractivity contribution < 1.29 is 22.1 Å². The summed E-state index contributed by atoms with van der Waals surface area (Å²) in [6, 6.07) is 37.4. The number of rotatable bonds is 7. The van der Waals surface area contributed by atoms with E-state index in [-0.39, 0.29) is 0 Å². The molecule has 1 aliphatic heterocycles.